The van der Waals surface area contributed by atoms with Crippen LogP contribution >= 0.6 is 0 Å². The fourth-order valence-corrected chi connectivity index (χ4v) is 3.19. The van der Waals surface area contributed by atoms with Crippen molar-refractivity contribution in [3.63, 3.8) is 0 Å². The van der Waals surface area contributed by atoms with E-state index in [1.54, 1.807) is 6.92 Å². The molecule has 0 radical (unpaired) electrons. The molecule has 2 aliphatic carbocycles. The quantitative estimate of drug-likeness (QED) is 0.917. The number of carbonyl (C=O) groups excluding carboxylic acids is 1. The largest absolute Gasteiger partial charge is 0.360 e. The summed E-state index contributed by atoms with van der Waals surface area (Å²) >= 11 is 0. The van der Waals surface area contributed by atoms with Crippen LogP contribution in [0.3, 0.4) is 0 Å². The van der Waals surface area contributed by atoms with Gasteiger partial charge in [0.15, 0.2) is 0 Å². The maximum absolute atomic E-state index is 12.8. The number of hydrogen-bond donors (Lipinski definition) is 1. The Morgan fingerprint density at radius 3 is 2.41 bits per heavy atom. The predicted molar refractivity (Wildman–Crippen MR) is 83.4 cm³/mol. The van der Waals surface area contributed by atoms with Crippen LogP contribution in [-0.2, 0) is 0 Å². The molecule has 2 saturated carbocycles. The van der Waals surface area contributed by atoms with Crippen LogP contribution in [-0.4, -0.2) is 17.1 Å². The van der Waals surface area contributed by atoms with Gasteiger partial charge < -0.3 is 9.84 Å². The summed E-state index contributed by atoms with van der Waals surface area (Å²) in [5, 5.41) is 7.35. The van der Waals surface area contributed by atoms with Crippen molar-refractivity contribution in [2.75, 3.05) is 0 Å². The molecule has 0 spiro atoms. The lowest BCUT2D eigenvalue weighted by atomic mass is 10.0. The molecule has 0 bridgehead atoms. The van der Waals surface area contributed by atoms with E-state index >= 15 is 0 Å². The van der Waals surface area contributed by atoms with Gasteiger partial charge in [0.2, 0.25) is 0 Å². The highest BCUT2D eigenvalue weighted by atomic mass is 16.5. The summed E-state index contributed by atoms with van der Waals surface area (Å²) in [4.78, 5) is 12.8. The Kier molecular flexibility index (Phi) is 3.25. The lowest BCUT2D eigenvalue weighted by molar-refractivity contribution is 0.0925. The third kappa shape index (κ3) is 2.54. The molecule has 1 N–H and O–H groups in total. The van der Waals surface area contributed by atoms with Gasteiger partial charge in [0, 0.05) is 11.6 Å². The Hall–Kier alpha value is -2.10. The zero-order valence-electron chi connectivity index (χ0n) is 12.7. The fraction of sp³-hybridized carbons (Fsp3) is 0.444. The molecule has 114 valence electrons. The minimum atomic E-state index is -0.0404. The molecule has 2 fully saturated rings. The average molecular weight is 296 g/mol. The molecule has 2 aliphatic rings. The first-order valence-corrected chi connectivity index (χ1v) is 8.06. The van der Waals surface area contributed by atoms with E-state index in [1.807, 2.05) is 30.3 Å². The normalized spacial score (nSPS) is 17.7. The summed E-state index contributed by atoms with van der Waals surface area (Å²) in [7, 11) is 0. The molecule has 0 unspecified atom stereocenters. The van der Waals surface area contributed by atoms with Crippen molar-refractivity contribution in [2.24, 2.45) is 11.8 Å². The van der Waals surface area contributed by atoms with Crippen LogP contribution in [0.25, 0.3) is 11.3 Å². The van der Waals surface area contributed by atoms with Gasteiger partial charge in [-0.05, 0) is 44.4 Å². The standard InChI is InChI=1S/C18H20N2O2/c1-11-15(17(20-22-11)12-5-3-2-4-6-12)18(21)19-16(13-7-8-13)14-9-10-14/h2-6,13-14,16H,7-10H2,1H3,(H,19,21). The van der Waals surface area contributed by atoms with E-state index < -0.39 is 0 Å². The molecule has 22 heavy (non-hydrogen) atoms. The van der Waals surface area contributed by atoms with Gasteiger partial charge in [-0.15, -0.1) is 0 Å². The molecule has 4 heteroatoms. The molecule has 0 aliphatic heterocycles. The van der Waals surface area contributed by atoms with Crippen molar-refractivity contribution >= 4 is 5.91 Å². The second-order valence-electron chi connectivity index (χ2n) is 6.50. The highest BCUT2D eigenvalue weighted by Gasteiger charge is 2.42. The Balaban J connectivity index is 1.61. The van der Waals surface area contributed by atoms with Gasteiger partial charge in [0.1, 0.15) is 17.0 Å². The van der Waals surface area contributed by atoms with Crippen molar-refractivity contribution in [3.8, 4) is 11.3 Å². The van der Waals surface area contributed by atoms with Crippen LogP contribution in [0, 0.1) is 18.8 Å². The van der Waals surface area contributed by atoms with Crippen LogP contribution in [0.2, 0.25) is 0 Å². The molecule has 1 aromatic heterocycles. The number of nitrogens with one attached hydrogen (secondary N) is 1. The van der Waals surface area contributed by atoms with Gasteiger partial charge in [-0.25, -0.2) is 0 Å². The third-order valence-corrected chi connectivity index (χ3v) is 4.69. The van der Waals surface area contributed by atoms with E-state index in [2.05, 4.69) is 10.5 Å². The van der Waals surface area contributed by atoms with Gasteiger partial charge in [-0.1, -0.05) is 35.5 Å². The molecule has 0 saturated heterocycles. The van der Waals surface area contributed by atoms with E-state index in [1.165, 1.54) is 25.7 Å². The summed E-state index contributed by atoms with van der Waals surface area (Å²) < 4.78 is 5.29. The van der Waals surface area contributed by atoms with Gasteiger partial charge in [-0.3, -0.25) is 4.79 Å². The maximum Gasteiger partial charge on any atom is 0.257 e. The number of hydrogen-bond acceptors (Lipinski definition) is 3. The van der Waals surface area contributed by atoms with Crippen LogP contribution in [0.15, 0.2) is 34.9 Å². The van der Waals surface area contributed by atoms with E-state index in [0.717, 1.165) is 5.56 Å². The average Bonchev–Trinajstić information content (AvgIpc) is 3.44. The fourth-order valence-electron chi connectivity index (χ4n) is 3.19. The van der Waals surface area contributed by atoms with Crippen molar-refractivity contribution in [1.82, 2.24) is 10.5 Å². The molecule has 1 aromatic carbocycles. The number of aryl methyl sites for hydroxylation is 1. The highest BCUT2D eigenvalue weighted by molar-refractivity contribution is 6.01. The van der Waals surface area contributed by atoms with Crippen LogP contribution in [0.5, 0.6) is 0 Å². The molecule has 4 rings (SSSR count). The Morgan fingerprint density at radius 1 is 1.18 bits per heavy atom. The molecule has 1 amide bonds. The van der Waals surface area contributed by atoms with Gasteiger partial charge >= 0.3 is 0 Å². The Labute approximate surface area is 129 Å². The van der Waals surface area contributed by atoms with E-state index in [-0.39, 0.29) is 5.91 Å². The number of rotatable bonds is 5. The second-order valence-corrected chi connectivity index (χ2v) is 6.50. The third-order valence-electron chi connectivity index (χ3n) is 4.69. The molecular weight excluding hydrogens is 276 g/mol. The van der Waals surface area contributed by atoms with Crippen molar-refractivity contribution in [2.45, 2.75) is 38.6 Å². The van der Waals surface area contributed by atoms with Gasteiger partial charge in [-0.2, -0.15) is 0 Å². The SMILES string of the molecule is Cc1onc(-c2ccccc2)c1C(=O)NC(C1CC1)C1CC1. The molecule has 2 aromatic rings. The second kappa shape index (κ2) is 5.27. The zero-order valence-corrected chi connectivity index (χ0v) is 12.7. The maximum atomic E-state index is 12.8. The number of benzene rings is 1. The summed E-state index contributed by atoms with van der Waals surface area (Å²) in [6, 6.07) is 10.1. The highest BCUT2D eigenvalue weighted by Crippen LogP contribution is 2.44. The van der Waals surface area contributed by atoms with Crippen LogP contribution in [0.4, 0.5) is 0 Å². The van der Waals surface area contributed by atoms with E-state index in [9.17, 15) is 4.79 Å². The number of carbonyl (C=O) groups is 1. The van der Waals surface area contributed by atoms with Gasteiger partial charge in [0.05, 0.1) is 0 Å². The first-order chi connectivity index (χ1) is 10.7. The summed E-state index contributed by atoms with van der Waals surface area (Å²) in [6.45, 7) is 1.80. The van der Waals surface area contributed by atoms with Crippen molar-refractivity contribution in [3.05, 3.63) is 41.7 Å². The van der Waals surface area contributed by atoms with E-state index in [4.69, 9.17) is 4.52 Å². The van der Waals surface area contributed by atoms with Crippen molar-refractivity contribution in [1.29, 1.82) is 0 Å². The van der Waals surface area contributed by atoms with Crippen molar-refractivity contribution < 1.29 is 9.32 Å². The van der Waals surface area contributed by atoms with Crippen LogP contribution in [0.1, 0.15) is 41.8 Å². The lowest BCUT2D eigenvalue weighted by Gasteiger charge is -2.17. The Morgan fingerprint density at radius 2 is 1.82 bits per heavy atom. The molecule has 1 heterocycles. The monoisotopic (exact) mass is 296 g/mol. The number of nitrogens with zero attached hydrogens (tertiary/aromatic N) is 1. The lowest BCUT2D eigenvalue weighted by Crippen LogP contribution is -2.38. The number of aromatic nitrogens is 1. The minimum absolute atomic E-state index is 0.0404. The first kappa shape index (κ1) is 13.6. The summed E-state index contributed by atoms with van der Waals surface area (Å²) in [6.07, 6.45) is 4.98. The topological polar surface area (TPSA) is 55.1 Å². The smallest absolute Gasteiger partial charge is 0.257 e. The van der Waals surface area contributed by atoms with E-state index in [0.29, 0.717) is 34.9 Å². The summed E-state index contributed by atoms with van der Waals surface area (Å²) in [5.41, 5.74) is 2.14. The minimum Gasteiger partial charge on any atom is -0.360 e. The predicted octanol–water partition coefficient (Wildman–Crippen LogP) is 3.57. The zero-order chi connectivity index (χ0) is 15.1. The molecule has 0 atom stereocenters. The van der Waals surface area contributed by atoms with Crippen LogP contribution < -0.4 is 5.32 Å². The summed E-state index contributed by atoms with van der Waals surface area (Å²) in [5.74, 6) is 1.90. The molecule has 4 nitrogen and oxygen atoms in total. The molecular formula is C18H20N2O2. The Bertz CT molecular complexity index is 672. The first-order valence-electron chi connectivity index (χ1n) is 8.06. The number of amides is 1. The van der Waals surface area contributed by atoms with Gasteiger partial charge in [0.25, 0.3) is 5.91 Å².